The second-order valence-corrected chi connectivity index (χ2v) is 5.95. The summed E-state index contributed by atoms with van der Waals surface area (Å²) in [7, 11) is 0. The number of aromatic nitrogens is 2. The summed E-state index contributed by atoms with van der Waals surface area (Å²) in [5.41, 5.74) is 3.47. The van der Waals surface area contributed by atoms with E-state index in [0.29, 0.717) is 0 Å². The quantitative estimate of drug-likeness (QED) is 0.694. The first-order chi connectivity index (χ1) is 11.6. The van der Waals surface area contributed by atoms with E-state index in [2.05, 4.69) is 58.7 Å². The van der Waals surface area contributed by atoms with Crippen molar-refractivity contribution in [3.05, 3.63) is 77.6 Å². The number of aryl methyl sites for hydroxylation is 2. The number of nitrogens with zero attached hydrogens (tertiary/aromatic N) is 2. The molecule has 122 valence electrons. The van der Waals surface area contributed by atoms with E-state index >= 15 is 0 Å². The topological polar surface area (TPSA) is 49.8 Å². The lowest BCUT2D eigenvalue weighted by atomic mass is 10.1. The Hall–Kier alpha value is -2.88. The molecule has 0 aliphatic heterocycles. The van der Waals surface area contributed by atoms with Crippen LogP contribution in [0.3, 0.4) is 0 Å². The molecule has 1 aromatic heterocycles. The highest BCUT2D eigenvalue weighted by Gasteiger charge is 2.08. The standard InChI is InChI=1S/C20H22N4/c1-14-9-11-18(12-10-14)24-20-13-19(22-16(3)23-20)21-15(2)17-7-5-4-6-8-17/h4-13,15H,1-3H3,(H2,21,22,23,24). The van der Waals surface area contributed by atoms with Crippen molar-refractivity contribution in [2.75, 3.05) is 10.6 Å². The Morgan fingerprint density at radius 1 is 0.833 bits per heavy atom. The zero-order chi connectivity index (χ0) is 16.9. The third-order valence-electron chi connectivity index (χ3n) is 3.83. The molecule has 1 heterocycles. The SMILES string of the molecule is Cc1ccc(Nc2cc(NC(C)c3ccccc3)nc(C)n2)cc1. The van der Waals surface area contributed by atoms with Gasteiger partial charge in [0.1, 0.15) is 17.5 Å². The summed E-state index contributed by atoms with van der Waals surface area (Å²) in [5.74, 6) is 2.33. The molecule has 0 radical (unpaired) electrons. The average Bonchev–Trinajstić information content (AvgIpc) is 2.57. The Morgan fingerprint density at radius 3 is 2.21 bits per heavy atom. The molecule has 0 fully saturated rings. The zero-order valence-electron chi connectivity index (χ0n) is 14.2. The molecule has 1 unspecified atom stereocenters. The maximum atomic E-state index is 4.49. The number of anilines is 3. The van der Waals surface area contributed by atoms with Crippen LogP contribution in [0.1, 0.15) is 29.9 Å². The van der Waals surface area contributed by atoms with Gasteiger partial charge in [0.15, 0.2) is 0 Å². The molecular weight excluding hydrogens is 296 g/mol. The summed E-state index contributed by atoms with van der Waals surface area (Å²) in [6, 6.07) is 20.7. The summed E-state index contributed by atoms with van der Waals surface area (Å²) >= 11 is 0. The van der Waals surface area contributed by atoms with Gasteiger partial charge in [-0.05, 0) is 38.5 Å². The summed E-state index contributed by atoms with van der Waals surface area (Å²) in [6.45, 7) is 6.10. The fourth-order valence-electron chi connectivity index (χ4n) is 2.54. The van der Waals surface area contributed by atoms with Crippen LogP contribution < -0.4 is 10.6 Å². The highest BCUT2D eigenvalue weighted by atomic mass is 15.1. The normalized spacial score (nSPS) is 11.8. The lowest BCUT2D eigenvalue weighted by Gasteiger charge is -2.16. The minimum absolute atomic E-state index is 0.174. The molecule has 0 aliphatic carbocycles. The molecule has 0 bridgehead atoms. The van der Waals surface area contributed by atoms with E-state index in [9.17, 15) is 0 Å². The van der Waals surface area contributed by atoms with Crippen LogP contribution in [-0.2, 0) is 0 Å². The Balaban J connectivity index is 1.77. The van der Waals surface area contributed by atoms with E-state index in [1.165, 1.54) is 11.1 Å². The molecular formula is C20H22N4. The van der Waals surface area contributed by atoms with Gasteiger partial charge in [0.25, 0.3) is 0 Å². The maximum Gasteiger partial charge on any atom is 0.136 e. The largest absolute Gasteiger partial charge is 0.363 e. The van der Waals surface area contributed by atoms with Gasteiger partial charge in [-0.2, -0.15) is 0 Å². The van der Waals surface area contributed by atoms with Crippen LogP contribution in [0.5, 0.6) is 0 Å². The molecule has 24 heavy (non-hydrogen) atoms. The summed E-state index contributed by atoms with van der Waals surface area (Å²) < 4.78 is 0. The van der Waals surface area contributed by atoms with Crippen molar-refractivity contribution in [3.63, 3.8) is 0 Å². The number of hydrogen-bond acceptors (Lipinski definition) is 4. The van der Waals surface area contributed by atoms with Gasteiger partial charge in [-0.15, -0.1) is 0 Å². The van der Waals surface area contributed by atoms with Crippen LogP contribution in [0.15, 0.2) is 60.7 Å². The number of rotatable bonds is 5. The molecule has 0 saturated heterocycles. The van der Waals surface area contributed by atoms with Crippen molar-refractivity contribution in [3.8, 4) is 0 Å². The Morgan fingerprint density at radius 2 is 1.50 bits per heavy atom. The van der Waals surface area contributed by atoms with E-state index in [0.717, 1.165) is 23.1 Å². The van der Waals surface area contributed by atoms with Crippen molar-refractivity contribution in [2.45, 2.75) is 26.8 Å². The van der Waals surface area contributed by atoms with Gasteiger partial charge in [0, 0.05) is 17.8 Å². The highest BCUT2D eigenvalue weighted by molar-refractivity contribution is 5.59. The van der Waals surface area contributed by atoms with Crippen LogP contribution in [0.25, 0.3) is 0 Å². The van der Waals surface area contributed by atoms with E-state index in [1.54, 1.807) is 0 Å². The van der Waals surface area contributed by atoms with E-state index in [1.807, 2.05) is 43.3 Å². The van der Waals surface area contributed by atoms with Gasteiger partial charge in [-0.3, -0.25) is 0 Å². The van der Waals surface area contributed by atoms with Gasteiger partial charge in [-0.25, -0.2) is 9.97 Å². The Kier molecular flexibility index (Phi) is 4.75. The monoisotopic (exact) mass is 318 g/mol. The molecule has 2 N–H and O–H groups in total. The number of benzene rings is 2. The third kappa shape index (κ3) is 4.10. The summed E-state index contributed by atoms with van der Waals surface area (Å²) in [5, 5.41) is 6.78. The van der Waals surface area contributed by atoms with E-state index in [4.69, 9.17) is 0 Å². The minimum atomic E-state index is 0.174. The van der Waals surface area contributed by atoms with E-state index in [-0.39, 0.29) is 6.04 Å². The average molecular weight is 318 g/mol. The lowest BCUT2D eigenvalue weighted by molar-refractivity contribution is 0.867. The molecule has 0 saturated carbocycles. The van der Waals surface area contributed by atoms with E-state index < -0.39 is 0 Å². The van der Waals surface area contributed by atoms with Gasteiger partial charge in [0.05, 0.1) is 0 Å². The molecule has 0 aliphatic rings. The first kappa shape index (κ1) is 16.0. The zero-order valence-corrected chi connectivity index (χ0v) is 14.2. The van der Waals surface area contributed by atoms with Gasteiger partial charge in [0.2, 0.25) is 0 Å². The van der Waals surface area contributed by atoms with Crippen molar-refractivity contribution >= 4 is 17.3 Å². The second-order valence-electron chi connectivity index (χ2n) is 5.95. The molecule has 3 aromatic rings. The first-order valence-electron chi connectivity index (χ1n) is 8.11. The van der Waals surface area contributed by atoms with Crippen molar-refractivity contribution in [1.29, 1.82) is 0 Å². The minimum Gasteiger partial charge on any atom is -0.363 e. The lowest BCUT2D eigenvalue weighted by Crippen LogP contribution is -2.09. The Labute approximate surface area is 143 Å². The molecule has 2 aromatic carbocycles. The highest BCUT2D eigenvalue weighted by Crippen LogP contribution is 2.21. The fourth-order valence-corrected chi connectivity index (χ4v) is 2.54. The van der Waals surface area contributed by atoms with Crippen LogP contribution in [-0.4, -0.2) is 9.97 Å². The molecule has 4 heteroatoms. The fraction of sp³-hybridized carbons (Fsp3) is 0.200. The van der Waals surface area contributed by atoms with Crippen LogP contribution in [0.2, 0.25) is 0 Å². The first-order valence-corrected chi connectivity index (χ1v) is 8.11. The molecule has 0 amide bonds. The predicted octanol–water partition coefficient (Wildman–Crippen LogP) is 5.01. The molecule has 0 spiro atoms. The van der Waals surface area contributed by atoms with Crippen LogP contribution in [0, 0.1) is 13.8 Å². The predicted molar refractivity (Wildman–Crippen MR) is 99.7 cm³/mol. The van der Waals surface area contributed by atoms with Crippen molar-refractivity contribution < 1.29 is 0 Å². The number of hydrogen-bond donors (Lipinski definition) is 2. The van der Waals surface area contributed by atoms with Crippen LogP contribution in [0.4, 0.5) is 17.3 Å². The number of nitrogens with one attached hydrogen (secondary N) is 2. The maximum absolute atomic E-state index is 4.49. The smallest absolute Gasteiger partial charge is 0.136 e. The second kappa shape index (κ2) is 7.13. The molecule has 1 atom stereocenters. The van der Waals surface area contributed by atoms with Crippen molar-refractivity contribution in [2.24, 2.45) is 0 Å². The molecule has 4 nitrogen and oxygen atoms in total. The third-order valence-corrected chi connectivity index (χ3v) is 3.83. The molecule has 3 rings (SSSR count). The summed E-state index contributed by atoms with van der Waals surface area (Å²) in [4.78, 5) is 8.96. The van der Waals surface area contributed by atoms with Crippen molar-refractivity contribution in [1.82, 2.24) is 9.97 Å². The Bertz CT molecular complexity index is 798. The van der Waals surface area contributed by atoms with Gasteiger partial charge in [-0.1, -0.05) is 48.0 Å². The van der Waals surface area contributed by atoms with Crippen LogP contribution >= 0.6 is 0 Å². The van der Waals surface area contributed by atoms with Gasteiger partial charge < -0.3 is 10.6 Å². The summed E-state index contributed by atoms with van der Waals surface area (Å²) in [6.07, 6.45) is 0. The van der Waals surface area contributed by atoms with Gasteiger partial charge >= 0.3 is 0 Å².